The lowest BCUT2D eigenvalue weighted by Gasteiger charge is -2.43. The molecular weight excluding hydrogens is 362 g/mol. The second-order valence-corrected chi connectivity index (χ2v) is 7.90. The fourth-order valence-electron chi connectivity index (χ4n) is 3.91. The van der Waals surface area contributed by atoms with Gasteiger partial charge >= 0.3 is 0 Å². The van der Waals surface area contributed by atoms with Gasteiger partial charge in [-0.1, -0.05) is 23.8 Å². The maximum Gasteiger partial charge on any atom is 0.271 e. The molecule has 0 fully saturated rings. The number of anilines is 1. The monoisotopic (exact) mass is 391 g/mol. The van der Waals surface area contributed by atoms with Crippen LogP contribution in [0.25, 0.3) is 5.57 Å². The van der Waals surface area contributed by atoms with Crippen molar-refractivity contribution in [1.29, 1.82) is 0 Å². The normalized spacial score (nSPS) is 15.1. The topological polar surface area (TPSA) is 53.9 Å². The number of fused-ring (bicyclic) bond motifs is 1. The van der Waals surface area contributed by atoms with E-state index in [0.717, 1.165) is 34.7 Å². The molecule has 0 spiro atoms. The largest absolute Gasteiger partial charge is 0.496 e. The summed E-state index contributed by atoms with van der Waals surface area (Å²) in [4.78, 5) is 14.6. The number of allylic oxidation sites excluding steroid dienone is 1. The molecule has 1 N–H and O–H groups in total. The van der Waals surface area contributed by atoms with Gasteiger partial charge in [-0.2, -0.15) is 5.10 Å². The zero-order valence-corrected chi connectivity index (χ0v) is 18.0. The van der Waals surface area contributed by atoms with E-state index in [4.69, 9.17) is 4.74 Å². The molecule has 0 aliphatic carbocycles. The van der Waals surface area contributed by atoms with Crippen molar-refractivity contribution in [3.05, 3.63) is 64.7 Å². The van der Waals surface area contributed by atoms with Crippen molar-refractivity contribution >= 4 is 23.4 Å². The number of methoxy groups -OCH3 is 1. The number of nitrogens with zero attached hydrogens (tertiary/aromatic N) is 2. The van der Waals surface area contributed by atoms with Crippen molar-refractivity contribution in [1.82, 2.24) is 5.43 Å². The third-order valence-corrected chi connectivity index (χ3v) is 5.33. The summed E-state index contributed by atoms with van der Waals surface area (Å²) in [6, 6.07) is 11.5. The Labute approximate surface area is 173 Å². The minimum absolute atomic E-state index is 0.0610. The van der Waals surface area contributed by atoms with Crippen LogP contribution in [0.15, 0.2) is 47.6 Å². The summed E-state index contributed by atoms with van der Waals surface area (Å²) in [5, 5.41) is 4.15. The van der Waals surface area contributed by atoms with Gasteiger partial charge in [0.05, 0.1) is 18.9 Å². The van der Waals surface area contributed by atoms with Crippen LogP contribution in [-0.2, 0) is 0 Å². The Balaban J connectivity index is 1.89. The summed E-state index contributed by atoms with van der Waals surface area (Å²) < 4.78 is 5.61. The molecule has 5 heteroatoms. The number of rotatable bonds is 5. The number of nitrogens with one attached hydrogen (secondary N) is 1. The molecule has 0 unspecified atom stereocenters. The third-order valence-electron chi connectivity index (χ3n) is 5.33. The lowest BCUT2D eigenvalue weighted by molar-refractivity contribution is 0.0955. The van der Waals surface area contributed by atoms with E-state index in [1.54, 1.807) is 25.5 Å². The SMILES string of the molecule is CCN1c2cc(OC)c(/C=N\NC(=O)c3ccc(C)cc3)cc2C(C)=CC1(C)C. The second-order valence-electron chi connectivity index (χ2n) is 7.90. The number of hydrogen-bond donors (Lipinski definition) is 1. The van der Waals surface area contributed by atoms with Gasteiger partial charge in [0.2, 0.25) is 0 Å². The Morgan fingerprint density at radius 1 is 1.21 bits per heavy atom. The number of carbonyl (C=O) groups is 1. The van der Waals surface area contributed by atoms with Crippen LogP contribution in [0.3, 0.4) is 0 Å². The highest BCUT2D eigenvalue weighted by Gasteiger charge is 2.31. The maximum absolute atomic E-state index is 12.3. The van der Waals surface area contributed by atoms with Gasteiger partial charge in [0.15, 0.2) is 0 Å². The van der Waals surface area contributed by atoms with Crippen molar-refractivity contribution < 1.29 is 9.53 Å². The number of amides is 1. The van der Waals surface area contributed by atoms with Crippen LogP contribution in [-0.4, -0.2) is 31.3 Å². The quantitative estimate of drug-likeness (QED) is 0.589. The molecule has 3 rings (SSSR count). The van der Waals surface area contributed by atoms with Gasteiger partial charge < -0.3 is 9.64 Å². The smallest absolute Gasteiger partial charge is 0.271 e. The summed E-state index contributed by atoms with van der Waals surface area (Å²) in [6.07, 6.45) is 3.92. The zero-order chi connectivity index (χ0) is 21.2. The first-order valence-corrected chi connectivity index (χ1v) is 9.86. The minimum Gasteiger partial charge on any atom is -0.496 e. The third kappa shape index (κ3) is 4.19. The van der Waals surface area contributed by atoms with E-state index in [1.165, 1.54) is 5.57 Å². The van der Waals surface area contributed by atoms with Crippen LogP contribution < -0.4 is 15.1 Å². The predicted molar refractivity (Wildman–Crippen MR) is 120 cm³/mol. The molecule has 29 heavy (non-hydrogen) atoms. The van der Waals surface area contributed by atoms with Crippen LogP contribution in [0.5, 0.6) is 5.75 Å². The molecule has 0 saturated heterocycles. The van der Waals surface area contributed by atoms with E-state index in [0.29, 0.717) is 5.56 Å². The highest BCUT2D eigenvalue weighted by Crippen LogP contribution is 2.41. The van der Waals surface area contributed by atoms with Crippen molar-refractivity contribution in [2.24, 2.45) is 5.10 Å². The highest BCUT2D eigenvalue weighted by atomic mass is 16.5. The maximum atomic E-state index is 12.3. The van der Waals surface area contributed by atoms with Crippen LogP contribution in [0.1, 0.15) is 54.7 Å². The second kappa shape index (κ2) is 8.11. The molecule has 5 nitrogen and oxygen atoms in total. The van der Waals surface area contributed by atoms with Crippen molar-refractivity contribution in [2.75, 3.05) is 18.6 Å². The molecule has 1 aliphatic rings. The predicted octanol–water partition coefficient (Wildman–Crippen LogP) is 4.79. The van der Waals surface area contributed by atoms with E-state index in [-0.39, 0.29) is 11.4 Å². The van der Waals surface area contributed by atoms with E-state index in [9.17, 15) is 4.79 Å². The zero-order valence-electron chi connectivity index (χ0n) is 18.0. The van der Waals surface area contributed by atoms with Gasteiger partial charge in [-0.3, -0.25) is 4.79 Å². The summed E-state index contributed by atoms with van der Waals surface area (Å²) in [6.45, 7) is 11.6. The van der Waals surface area contributed by atoms with Crippen LogP contribution in [0, 0.1) is 6.92 Å². The number of ether oxygens (including phenoxy) is 1. The number of likely N-dealkylation sites (N-methyl/N-ethyl adjacent to an activating group) is 1. The highest BCUT2D eigenvalue weighted by molar-refractivity contribution is 5.96. The fraction of sp³-hybridized carbons (Fsp3) is 0.333. The van der Waals surface area contributed by atoms with Crippen LogP contribution >= 0.6 is 0 Å². The minimum atomic E-state index is -0.242. The average molecular weight is 392 g/mol. The van der Waals surface area contributed by atoms with Gasteiger partial charge in [0, 0.05) is 35.0 Å². The number of hydrogen-bond acceptors (Lipinski definition) is 4. The number of benzene rings is 2. The van der Waals surface area contributed by atoms with Crippen LogP contribution in [0.4, 0.5) is 5.69 Å². The number of carbonyl (C=O) groups excluding carboxylic acids is 1. The molecule has 0 bridgehead atoms. The molecule has 152 valence electrons. The Kier molecular flexibility index (Phi) is 5.78. The van der Waals surface area contributed by atoms with E-state index >= 15 is 0 Å². The lowest BCUT2D eigenvalue weighted by atomic mass is 9.88. The number of hydrazone groups is 1. The molecule has 2 aromatic rings. The first-order chi connectivity index (χ1) is 13.8. The summed E-state index contributed by atoms with van der Waals surface area (Å²) >= 11 is 0. The van der Waals surface area contributed by atoms with Gasteiger partial charge in [-0.15, -0.1) is 0 Å². The Hall–Kier alpha value is -3.08. The molecule has 1 amide bonds. The van der Waals surface area contributed by atoms with Crippen LogP contribution in [0.2, 0.25) is 0 Å². The summed E-state index contributed by atoms with van der Waals surface area (Å²) in [7, 11) is 1.65. The lowest BCUT2D eigenvalue weighted by Crippen LogP contribution is -2.44. The van der Waals surface area contributed by atoms with Gasteiger partial charge in [-0.25, -0.2) is 5.43 Å². The first-order valence-electron chi connectivity index (χ1n) is 9.86. The standard InChI is InChI=1S/C24H29N3O2/c1-7-27-21-13-22(29-6)19(12-20(21)17(3)14-24(27,4)5)15-25-26-23(28)18-10-8-16(2)9-11-18/h8-15H,7H2,1-6H3,(H,26,28)/b25-15-. The fourth-order valence-corrected chi connectivity index (χ4v) is 3.91. The van der Waals surface area contributed by atoms with Crippen molar-refractivity contribution in [3.63, 3.8) is 0 Å². The van der Waals surface area contributed by atoms with E-state index in [2.05, 4.69) is 61.3 Å². The van der Waals surface area contributed by atoms with E-state index in [1.807, 2.05) is 19.1 Å². The molecule has 0 radical (unpaired) electrons. The molecule has 0 aromatic heterocycles. The molecule has 1 heterocycles. The number of aryl methyl sites for hydroxylation is 1. The van der Waals surface area contributed by atoms with Crippen molar-refractivity contribution in [3.8, 4) is 5.75 Å². The molecule has 2 aromatic carbocycles. The van der Waals surface area contributed by atoms with Gasteiger partial charge in [-0.05, 0) is 58.4 Å². The van der Waals surface area contributed by atoms with Gasteiger partial charge in [0.1, 0.15) is 5.75 Å². The Bertz CT molecular complexity index is 972. The summed E-state index contributed by atoms with van der Waals surface area (Å²) in [5.74, 6) is 0.481. The Morgan fingerprint density at radius 3 is 2.52 bits per heavy atom. The average Bonchev–Trinajstić information content (AvgIpc) is 2.68. The molecular formula is C24H29N3O2. The molecule has 0 atom stereocenters. The molecule has 0 saturated carbocycles. The van der Waals surface area contributed by atoms with Crippen molar-refractivity contribution in [2.45, 2.75) is 40.2 Å². The first kappa shape index (κ1) is 20.6. The van der Waals surface area contributed by atoms with Gasteiger partial charge in [0.25, 0.3) is 5.91 Å². The Morgan fingerprint density at radius 2 is 1.90 bits per heavy atom. The summed E-state index contributed by atoms with van der Waals surface area (Å²) in [5.41, 5.74) is 8.55. The molecule has 1 aliphatic heterocycles. The van der Waals surface area contributed by atoms with E-state index < -0.39 is 0 Å².